The summed E-state index contributed by atoms with van der Waals surface area (Å²) in [5.41, 5.74) is 2.13. The van der Waals surface area contributed by atoms with Gasteiger partial charge in [-0.05, 0) is 68.4 Å². The van der Waals surface area contributed by atoms with Crippen LogP contribution >= 0.6 is 0 Å². The number of aliphatic hydroxyl groups excluding tert-OH is 1. The quantitative estimate of drug-likeness (QED) is 0.322. The van der Waals surface area contributed by atoms with Gasteiger partial charge in [0, 0.05) is 18.7 Å². The first kappa shape index (κ1) is 25.3. The third-order valence-electron chi connectivity index (χ3n) is 6.27. The predicted octanol–water partition coefficient (Wildman–Crippen LogP) is 4.17. The Hall–Kier alpha value is -3.32. The number of Topliss-reactive ketones (excluding diaryl/α,β-unsaturated/α-hetero) is 1. The van der Waals surface area contributed by atoms with Crippen molar-refractivity contribution in [2.24, 2.45) is 0 Å². The Morgan fingerprint density at radius 2 is 1.74 bits per heavy atom. The first-order chi connectivity index (χ1) is 16.4. The van der Waals surface area contributed by atoms with Crippen LogP contribution in [0, 0.1) is 6.92 Å². The van der Waals surface area contributed by atoms with E-state index in [2.05, 4.69) is 18.7 Å². The zero-order valence-corrected chi connectivity index (χ0v) is 20.6. The monoisotopic (exact) mass is 466 g/mol. The summed E-state index contributed by atoms with van der Waals surface area (Å²) in [4.78, 5) is 30.1. The second kappa shape index (κ2) is 11.2. The molecule has 1 aliphatic heterocycles. The smallest absolute Gasteiger partial charge is 0.295 e. The third-order valence-corrected chi connectivity index (χ3v) is 6.27. The molecule has 7 nitrogen and oxygen atoms in total. The molecule has 3 rings (SSSR count). The van der Waals surface area contributed by atoms with E-state index in [-0.39, 0.29) is 11.3 Å². The van der Waals surface area contributed by atoms with Gasteiger partial charge in [0.15, 0.2) is 0 Å². The molecule has 0 aromatic heterocycles. The Morgan fingerprint density at radius 1 is 1.06 bits per heavy atom. The van der Waals surface area contributed by atoms with Crippen molar-refractivity contribution in [2.75, 3.05) is 39.9 Å². The Kier molecular flexibility index (Phi) is 8.34. The number of methoxy groups -OCH3 is 1. The highest BCUT2D eigenvalue weighted by Crippen LogP contribution is 2.40. The van der Waals surface area contributed by atoms with Crippen molar-refractivity contribution >= 4 is 17.4 Å². The van der Waals surface area contributed by atoms with Crippen LogP contribution in [0.1, 0.15) is 43.5 Å². The van der Waals surface area contributed by atoms with E-state index in [1.165, 1.54) is 0 Å². The van der Waals surface area contributed by atoms with E-state index in [1.54, 1.807) is 30.2 Å². The highest BCUT2D eigenvalue weighted by atomic mass is 16.5. The number of nitrogens with zero attached hydrogens (tertiary/aromatic N) is 2. The summed E-state index contributed by atoms with van der Waals surface area (Å²) in [6, 6.07) is 11.8. The maximum absolute atomic E-state index is 13.2. The molecule has 182 valence electrons. The van der Waals surface area contributed by atoms with E-state index in [1.807, 2.05) is 38.1 Å². The van der Waals surface area contributed by atoms with E-state index in [0.717, 1.165) is 24.2 Å². The molecule has 1 N–H and O–H groups in total. The van der Waals surface area contributed by atoms with E-state index in [4.69, 9.17) is 9.47 Å². The number of rotatable bonds is 10. The molecule has 0 unspecified atom stereocenters. The molecule has 0 saturated carbocycles. The number of benzene rings is 2. The van der Waals surface area contributed by atoms with Crippen LogP contribution in [0.5, 0.6) is 11.5 Å². The lowest BCUT2D eigenvalue weighted by Gasteiger charge is -2.28. The first-order valence-corrected chi connectivity index (χ1v) is 11.7. The molecule has 2 aromatic carbocycles. The number of aryl methyl sites for hydroxylation is 1. The lowest BCUT2D eigenvalue weighted by atomic mass is 9.94. The average Bonchev–Trinajstić information content (AvgIpc) is 3.10. The average molecular weight is 467 g/mol. The topological polar surface area (TPSA) is 79.3 Å². The molecule has 1 atom stereocenters. The Labute approximate surface area is 201 Å². The Bertz CT molecular complexity index is 1060. The molecule has 1 fully saturated rings. The molecule has 34 heavy (non-hydrogen) atoms. The number of aliphatic hydroxyl groups is 1. The minimum atomic E-state index is -0.686. The van der Waals surface area contributed by atoms with Crippen LogP contribution in [0.3, 0.4) is 0 Å². The molecular weight excluding hydrogens is 432 g/mol. The second-order valence-corrected chi connectivity index (χ2v) is 8.21. The van der Waals surface area contributed by atoms with Gasteiger partial charge in [0.2, 0.25) is 0 Å². The number of ether oxygens (including phenoxy) is 2. The van der Waals surface area contributed by atoms with Gasteiger partial charge in [-0.1, -0.05) is 26.0 Å². The summed E-state index contributed by atoms with van der Waals surface area (Å²) in [5.74, 6) is -0.0769. The minimum absolute atomic E-state index is 0.0956. The standard InChI is InChI=1S/C27H34N2O5/c1-6-28(7-2)15-16-29-24(19-9-12-21(13-10-19)34-8-3)23(26(31)27(29)32)25(30)20-11-14-22(33-5)18(4)17-20/h9-14,17,24,30H,6-8,15-16H2,1-5H3/b25-23+/t24-/m1/s1. The fourth-order valence-corrected chi connectivity index (χ4v) is 4.34. The number of ketones is 1. The number of carbonyl (C=O) groups is 2. The largest absolute Gasteiger partial charge is 0.507 e. The minimum Gasteiger partial charge on any atom is -0.507 e. The fraction of sp³-hybridized carbons (Fsp3) is 0.407. The lowest BCUT2D eigenvalue weighted by Crippen LogP contribution is -2.38. The molecule has 2 aromatic rings. The summed E-state index contributed by atoms with van der Waals surface area (Å²) >= 11 is 0. The van der Waals surface area contributed by atoms with E-state index >= 15 is 0 Å². The zero-order valence-electron chi connectivity index (χ0n) is 20.6. The number of likely N-dealkylation sites (N-methyl/N-ethyl adjacent to an activating group) is 1. The van der Waals surface area contributed by atoms with Gasteiger partial charge < -0.3 is 24.4 Å². The predicted molar refractivity (Wildman–Crippen MR) is 132 cm³/mol. The van der Waals surface area contributed by atoms with Crippen molar-refractivity contribution in [3.63, 3.8) is 0 Å². The fourth-order valence-electron chi connectivity index (χ4n) is 4.34. The second-order valence-electron chi connectivity index (χ2n) is 8.21. The molecule has 7 heteroatoms. The molecule has 0 aliphatic carbocycles. The third kappa shape index (κ3) is 5.09. The van der Waals surface area contributed by atoms with Gasteiger partial charge in [-0.2, -0.15) is 0 Å². The number of likely N-dealkylation sites (tertiary alicyclic amines) is 1. The maximum Gasteiger partial charge on any atom is 0.295 e. The molecular formula is C27H34N2O5. The van der Waals surface area contributed by atoms with Crippen LogP contribution in [-0.2, 0) is 9.59 Å². The number of hydrogen-bond donors (Lipinski definition) is 1. The van der Waals surface area contributed by atoms with Crippen LogP contribution in [0.2, 0.25) is 0 Å². The van der Waals surface area contributed by atoms with Crippen LogP contribution in [0.25, 0.3) is 5.76 Å². The molecule has 0 radical (unpaired) electrons. The molecule has 0 bridgehead atoms. The molecule has 0 spiro atoms. The highest BCUT2D eigenvalue weighted by Gasteiger charge is 2.46. The molecule has 1 heterocycles. The molecule has 1 aliphatic rings. The Balaban J connectivity index is 2.09. The van der Waals surface area contributed by atoms with Gasteiger partial charge in [0.25, 0.3) is 11.7 Å². The molecule has 1 amide bonds. The molecule has 1 saturated heterocycles. The van der Waals surface area contributed by atoms with Gasteiger partial charge >= 0.3 is 0 Å². The van der Waals surface area contributed by atoms with Gasteiger partial charge in [-0.15, -0.1) is 0 Å². The number of hydrogen-bond acceptors (Lipinski definition) is 6. The normalized spacial score (nSPS) is 17.5. The van der Waals surface area contributed by atoms with Crippen molar-refractivity contribution in [3.8, 4) is 11.5 Å². The van der Waals surface area contributed by atoms with Gasteiger partial charge in [-0.25, -0.2) is 0 Å². The van der Waals surface area contributed by atoms with E-state index in [9.17, 15) is 14.7 Å². The lowest BCUT2D eigenvalue weighted by molar-refractivity contribution is -0.140. The number of carbonyl (C=O) groups excluding carboxylic acids is 2. The summed E-state index contributed by atoms with van der Waals surface area (Å²) < 4.78 is 10.9. The van der Waals surface area contributed by atoms with Crippen LogP contribution in [0.4, 0.5) is 0 Å². The number of amides is 1. The van der Waals surface area contributed by atoms with Gasteiger partial charge in [-0.3, -0.25) is 9.59 Å². The van der Waals surface area contributed by atoms with Gasteiger partial charge in [0.05, 0.1) is 25.3 Å². The summed E-state index contributed by atoms with van der Waals surface area (Å²) in [6.45, 7) is 11.1. The van der Waals surface area contributed by atoms with Crippen LogP contribution in [-0.4, -0.2) is 66.5 Å². The van der Waals surface area contributed by atoms with Crippen molar-refractivity contribution in [1.29, 1.82) is 0 Å². The summed E-state index contributed by atoms with van der Waals surface area (Å²) in [6.07, 6.45) is 0. The van der Waals surface area contributed by atoms with Crippen molar-refractivity contribution in [3.05, 3.63) is 64.7 Å². The maximum atomic E-state index is 13.2. The van der Waals surface area contributed by atoms with Crippen LogP contribution in [0.15, 0.2) is 48.0 Å². The van der Waals surface area contributed by atoms with Crippen molar-refractivity contribution in [2.45, 2.75) is 33.7 Å². The van der Waals surface area contributed by atoms with E-state index in [0.29, 0.717) is 36.8 Å². The highest BCUT2D eigenvalue weighted by molar-refractivity contribution is 6.46. The van der Waals surface area contributed by atoms with Crippen molar-refractivity contribution < 1.29 is 24.2 Å². The SMILES string of the molecule is CCOc1ccc([C@@H]2/C(=C(\O)c3ccc(OC)c(C)c3)C(=O)C(=O)N2CCN(CC)CC)cc1. The zero-order chi connectivity index (χ0) is 24.8. The Morgan fingerprint density at radius 3 is 2.29 bits per heavy atom. The van der Waals surface area contributed by atoms with Crippen LogP contribution < -0.4 is 9.47 Å². The van der Waals surface area contributed by atoms with Crippen molar-refractivity contribution in [1.82, 2.24) is 9.80 Å². The van der Waals surface area contributed by atoms with E-state index < -0.39 is 17.7 Å². The summed E-state index contributed by atoms with van der Waals surface area (Å²) in [5, 5.41) is 11.3. The summed E-state index contributed by atoms with van der Waals surface area (Å²) in [7, 11) is 1.58. The van der Waals surface area contributed by atoms with Gasteiger partial charge in [0.1, 0.15) is 17.3 Å². The first-order valence-electron chi connectivity index (χ1n) is 11.7.